The van der Waals surface area contributed by atoms with Gasteiger partial charge in [0.2, 0.25) is 0 Å². The summed E-state index contributed by atoms with van der Waals surface area (Å²) in [6.07, 6.45) is 3.87. The standard InChI is InChI=1S/C13H15N5/c1-9-11(8-18(2)17-9)6-14-12-5-3-4-10-7-15-16-13(10)12/h3-5,7-8,14H,6H2,1-2H3,(H,15,16). The molecule has 0 aliphatic heterocycles. The van der Waals surface area contributed by atoms with Gasteiger partial charge in [0, 0.05) is 30.7 Å². The van der Waals surface area contributed by atoms with Crippen molar-refractivity contribution in [2.24, 2.45) is 7.05 Å². The van der Waals surface area contributed by atoms with Crippen molar-refractivity contribution in [3.8, 4) is 0 Å². The SMILES string of the molecule is Cc1nn(C)cc1CNc1cccc2cn[nH]c12. The zero-order valence-corrected chi connectivity index (χ0v) is 10.4. The summed E-state index contributed by atoms with van der Waals surface area (Å²) in [6.45, 7) is 2.78. The van der Waals surface area contributed by atoms with E-state index in [9.17, 15) is 0 Å². The quantitative estimate of drug-likeness (QED) is 0.739. The van der Waals surface area contributed by atoms with Crippen molar-refractivity contribution in [1.82, 2.24) is 20.0 Å². The highest BCUT2D eigenvalue weighted by Crippen LogP contribution is 2.21. The van der Waals surface area contributed by atoms with E-state index in [0.717, 1.165) is 28.8 Å². The number of H-pyrrole nitrogens is 1. The third-order valence-electron chi connectivity index (χ3n) is 3.06. The summed E-state index contributed by atoms with van der Waals surface area (Å²) < 4.78 is 1.84. The van der Waals surface area contributed by atoms with Gasteiger partial charge < -0.3 is 5.32 Å². The lowest BCUT2D eigenvalue weighted by Gasteiger charge is -2.06. The Morgan fingerprint density at radius 3 is 3.06 bits per heavy atom. The van der Waals surface area contributed by atoms with Gasteiger partial charge in [-0.1, -0.05) is 12.1 Å². The number of aryl methyl sites for hydroxylation is 2. The zero-order valence-electron chi connectivity index (χ0n) is 10.4. The number of benzene rings is 1. The molecule has 0 atom stereocenters. The maximum absolute atomic E-state index is 4.33. The van der Waals surface area contributed by atoms with Crippen molar-refractivity contribution in [3.05, 3.63) is 41.9 Å². The number of rotatable bonds is 3. The molecule has 5 nitrogen and oxygen atoms in total. The molecule has 0 fully saturated rings. The smallest absolute Gasteiger partial charge is 0.0881 e. The highest BCUT2D eigenvalue weighted by molar-refractivity contribution is 5.89. The molecular formula is C13H15N5. The number of aromatic amines is 1. The fraction of sp³-hybridized carbons (Fsp3) is 0.231. The van der Waals surface area contributed by atoms with Gasteiger partial charge in [0.1, 0.15) is 0 Å². The lowest BCUT2D eigenvalue weighted by Crippen LogP contribution is -2.00. The molecule has 92 valence electrons. The van der Waals surface area contributed by atoms with Crippen molar-refractivity contribution < 1.29 is 0 Å². The molecule has 0 aliphatic rings. The van der Waals surface area contributed by atoms with Crippen LogP contribution in [0.25, 0.3) is 10.9 Å². The Balaban J connectivity index is 1.85. The Morgan fingerprint density at radius 2 is 2.28 bits per heavy atom. The molecule has 0 saturated heterocycles. The van der Waals surface area contributed by atoms with Crippen molar-refractivity contribution in [1.29, 1.82) is 0 Å². The van der Waals surface area contributed by atoms with Gasteiger partial charge in [-0.15, -0.1) is 0 Å². The fourth-order valence-electron chi connectivity index (χ4n) is 2.13. The van der Waals surface area contributed by atoms with Gasteiger partial charge in [0.05, 0.1) is 23.1 Å². The van der Waals surface area contributed by atoms with Crippen LogP contribution in [0.15, 0.2) is 30.6 Å². The largest absolute Gasteiger partial charge is 0.379 e. The maximum atomic E-state index is 4.33. The summed E-state index contributed by atoms with van der Waals surface area (Å²) in [6, 6.07) is 6.11. The fourth-order valence-corrected chi connectivity index (χ4v) is 2.13. The monoisotopic (exact) mass is 241 g/mol. The van der Waals surface area contributed by atoms with Crippen molar-refractivity contribution >= 4 is 16.6 Å². The highest BCUT2D eigenvalue weighted by Gasteiger charge is 2.05. The van der Waals surface area contributed by atoms with E-state index in [0.29, 0.717) is 0 Å². The average molecular weight is 241 g/mol. The first kappa shape index (κ1) is 10.8. The second-order valence-corrected chi connectivity index (χ2v) is 4.41. The van der Waals surface area contributed by atoms with Crippen molar-refractivity contribution in [3.63, 3.8) is 0 Å². The minimum absolute atomic E-state index is 0.762. The summed E-state index contributed by atoms with van der Waals surface area (Å²) in [5.74, 6) is 0. The molecule has 3 rings (SSSR count). The zero-order chi connectivity index (χ0) is 12.5. The van der Waals surface area contributed by atoms with Crippen LogP contribution in [0.4, 0.5) is 5.69 Å². The molecule has 2 heterocycles. The van der Waals surface area contributed by atoms with E-state index < -0.39 is 0 Å². The van der Waals surface area contributed by atoms with Crippen LogP contribution in [0.1, 0.15) is 11.3 Å². The molecule has 1 aromatic carbocycles. The third-order valence-corrected chi connectivity index (χ3v) is 3.06. The Labute approximate surface area is 105 Å². The number of hydrogen-bond acceptors (Lipinski definition) is 3. The molecule has 2 aromatic heterocycles. The van der Waals surface area contributed by atoms with Crippen LogP contribution in [-0.4, -0.2) is 20.0 Å². The summed E-state index contributed by atoms with van der Waals surface area (Å²) >= 11 is 0. The van der Waals surface area contributed by atoms with E-state index in [1.165, 1.54) is 5.56 Å². The molecule has 0 radical (unpaired) electrons. The summed E-state index contributed by atoms with van der Waals surface area (Å²) in [7, 11) is 1.94. The number of fused-ring (bicyclic) bond motifs is 1. The molecule has 5 heteroatoms. The lowest BCUT2D eigenvalue weighted by molar-refractivity contribution is 0.756. The number of hydrogen-bond donors (Lipinski definition) is 2. The summed E-state index contributed by atoms with van der Waals surface area (Å²) in [5, 5.41) is 15.9. The number of para-hydroxylation sites is 1. The van der Waals surface area contributed by atoms with Crippen LogP contribution in [0.5, 0.6) is 0 Å². The van der Waals surface area contributed by atoms with Gasteiger partial charge in [0.15, 0.2) is 0 Å². The first-order valence-corrected chi connectivity index (χ1v) is 5.89. The van der Waals surface area contributed by atoms with E-state index in [2.05, 4.69) is 20.6 Å². The Hall–Kier alpha value is -2.30. The number of aromatic nitrogens is 4. The first-order chi connectivity index (χ1) is 8.74. The van der Waals surface area contributed by atoms with Crippen LogP contribution in [0.3, 0.4) is 0 Å². The minimum atomic E-state index is 0.762. The molecule has 0 amide bonds. The summed E-state index contributed by atoms with van der Waals surface area (Å²) in [5.41, 5.74) is 4.36. The maximum Gasteiger partial charge on any atom is 0.0881 e. The van der Waals surface area contributed by atoms with Gasteiger partial charge >= 0.3 is 0 Å². The molecule has 0 bridgehead atoms. The van der Waals surface area contributed by atoms with Crippen molar-refractivity contribution in [2.75, 3.05) is 5.32 Å². The van der Waals surface area contributed by atoms with Crippen LogP contribution < -0.4 is 5.32 Å². The predicted octanol–water partition coefficient (Wildman–Crippen LogP) is 2.22. The molecule has 0 unspecified atom stereocenters. The second-order valence-electron chi connectivity index (χ2n) is 4.41. The third kappa shape index (κ3) is 1.84. The van der Waals surface area contributed by atoms with Crippen LogP contribution in [-0.2, 0) is 13.6 Å². The molecule has 3 aromatic rings. The van der Waals surface area contributed by atoms with Gasteiger partial charge in [-0.2, -0.15) is 10.2 Å². The molecule has 0 saturated carbocycles. The van der Waals surface area contributed by atoms with E-state index in [-0.39, 0.29) is 0 Å². The second kappa shape index (κ2) is 4.18. The number of nitrogens with zero attached hydrogens (tertiary/aromatic N) is 3. The first-order valence-electron chi connectivity index (χ1n) is 5.89. The van der Waals surface area contributed by atoms with Crippen LogP contribution in [0.2, 0.25) is 0 Å². The number of anilines is 1. The number of nitrogens with one attached hydrogen (secondary N) is 2. The van der Waals surface area contributed by atoms with Crippen LogP contribution >= 0.6 is 0 Å². The van der Waals surface area contributed by atoms with Gasteiger partial charge in [-0.05, 0) is 13.0 Å². The highest BCUT2D eigenvalue weighted by atomic mass is 15.3. The predicted molar refractivity (Wildman–Crippen MR) is 71.4 cm³/mol. The average Bonchev–Trinajstić information content (AvgIpc) is 2.93. The van der Waals surface area contributed by atoms with Crippen molar-refractivity contribution in [2.45, 2.75) is 13.5 Å². The minimum Gasteiger partial charge on any atom is -0.379 e. The van der Waals surface area contributed by atoms with E-state index in [1.54, 1.807) is 0 Å². The molecule has 18 heavy (non-hydrogen) atoms. The summed E-state index contributed by atoms with van der Waals surface area (Å²) in [4.78, 5) is 0. The van der Waals surface area contributed by atoms with E-state index in [4.69, 9.17) is 0 Å². The molecule has 0 spiro atoms. The molecular weight excluding hydrogens is 226 g/mol. The Morgan fingerprint density at radius 1 is 1.39 bits per heavy atom. The van der Waals surface area contributed by atoms with Gasteiger partial charge in [-0.25, -0.2) is 0 Å². The van der Waals surface area contributed by atoms with Gasteiger partial charge in [-0.3, -0.25) is 9.78 Å². The Bertz CT molecular complexity index is 680. The normalized spacial score (nSPS) is 11.0. The molecule has 0 aliphatic carbocycles. The van der Waals surface area contributed by atoms with Crippen LogP contribution in [0, 0.1) is 6.92 Å². The molecule has 2 N–H and O–H groups in total. The topological polar surface area (TPSA) is 58.5 Å². The van der Waals surface area contributed by atoms with E-state index in [1.807, 2.05) is 49.2 Å². The van der Waals surface area contributed by atoms with Gasteiger partial charge in [0.25, 0.3) is 0 Å². The lowest BCUT2D eigenvalue weighted by atomic mass is 10.2. The van der Waals surface area contributed by atoms with E-state index >= 15 is 0 Å². The Kier molecular flexibility index (Phi) is 2.51.